The third-order valence-electron chi connectivity index (χ3n) is 7.70. The zero-order chi connectivity index (χ0) is 29.9. The fraction of sp³-hybridized carbons (Fsp3) is 0.500. The lowest BCUT2D eigenvalue weighted by molar-refractivity contribution is -0.138. The van der Waals surface area contributed by atoms with Crippen molar-refractivity contribution in [3.8, 4) is 17.0 Å². The van der Waals surface area contributed by atoms with Gasteiger partial charge in [0.25, 0.3) is 0 Å². The molecule has 4 heterocycles. The Labute approximate surface area is 246 Å². The summed E-state index contributed by atoms with van der Waals surface area (Å²) in [4.78, 5) is 31.8. The van der Waals surface area contributed by atoms with Crippen LogP contribution in [-0.4, -0.2) is 88.2 Å². The lowest BCUT2D eigenvalue weighted by Gasteiger charge is -2.35. The number of alkyl halides is 3. The molecule has 0 radical (unpaired) electrons. The Hall–Kier alpha value is -3.49. The predicted octanol–water partition coefficient (Wildman–Crippen LogP) is 4.95. The van der Waals surface area contributed by atoms with Crippen molar-refractivity contribution in [2.45, 2.75) is 44.9 Å². The van der Waals surface area contributed by atoms with Crippen molar-refractivity contribution in [2.24, 2.45) is 0 Å². The van der Waals surface area contributed by atoms with Crippen LogP contribution in [0.25, 0.3) is 11.3 Å². The molecule has 0 bridgehead atoms. The number of anilines is 3. The Balaban J connectivity index is 1.39. The normalized spacial score (nSPS) is 18.4. The SMILES string of the molecule is COc1cc(-c2nc(Nc3cc(N4CCN(CCC(=O)O)CC4)ncn3)sc2CN2CCC[C@H]2C)cc(C(F)(F)F)c1. The Morgan fingerprint density at radius 3 is 2.60 bits per heavy atom. The van der Waals surface area contributed by atoms with Gasteiger partial charge in [-0.25, -0.2) is 15.0 Å². The standard InChI is InChI=1S/C28H34F3N7O3S/c1-18-4-3-6-38(18)16-22-26(19-12-20(28(29,30)31)14-21(13-19)41-2)35-27(42-22)34-23-15-24(33-17-32-23)37-10-8-36(9-11-37)7-5-25(39)40/h12-15,17-18H,3-11,16H2,1-2H3,(H,39,40)(H,32,33,34,35)/t18-/m1/s1. The molecule has 2 fully saturated rings. The summed E-state index contributed by atoms with van der Waals surface area (Å²) in [5.41, 5.74) is 0.0399. The van der Waals surface area contributed by atoms with Crippen LogP contribution in [0.4, 0.5) is 29.9 Å². The number of methoxy groups -OCH3 is 1. The van der Waals surface area contributed by atoms with Crippen LogP contribution in [0.1, 0.15) is 36.6 Å². The topological polar surface area (TPSA) is 107 Å². The molecule has 0 aliphatic carbocycles. The number of hydrogen-bond donors (Lipinski definition) is 2. The number of rotatable bonds is 10. The van der Waals surface area contributed by atoms with Crippen molar-refractivity contribution >= 4 is 34.1 Å². The minimum Gasteiger partial charge on any atom is -0.497 e. The Morgan fingerprint density at radius 2 is 1.93 bits per heavy atom. The summed E-state index contributed by atoms with van der Waals surface area (Å²) in [6.07, 6.45) is -0.788. The van der Waals surface area contributed by atoms with Crippen LogP contribution in [0.5, 0.6) is 5.75 Å². The van der Waals surface area contributed by atoms with Crippen molar-refractivity contribution < 1.29 is 27.8 Å². The fourth-order valence-corrected chi connectivity index (χ4v) is 6.34. The van der Waals surface area contributed by atoms with Gasteiger partial charge in [0.2, 0.25) is 0 Å². The van der Waals surface area contributed by atoms with Crippen LogP contribution >= 0.6 is 11.3 Å². The highest BCUT2D eigenvalue weighted by Crippen LogP contribution is 2.40. The van der Waals surface area contributed by atoms with E-state index in [1.807, 2.05) is 6.07 Å². The number of likely N-dealkylation sites (tertiary alicyclic amines) is 1. The molecular formula is C28H34F3N7O3S. The van der Waals surface area contributed by atoms with E-state index < -0.39 is 17.7 Å². The maximum atomic E-state index is 13.7. The molecule has 3 aromatic rings. The largest absolute Gasteiger partial charge is 0.497 e. The van der Waals surface area contributed by atoms with Crippen LogP contribution in [-0.2, 0) is 17.5 Å². The molecule has 0 saturated carbocycles. The minimum atomic E-state index is -4.52. The van der Waals surface area contributed by atoms with Crippen LogP contribution < -0.4 is 15.0 Å². The van der Waals surface area contributed by atoms with E-state index in [0.29, 0.717) is 54.4 Å². The number of nitrogens with one attached hydrogen (secondary N) is 1. The molecule has 2 aliphatic heterocycles. The minimum absolute atomic E-state index is 0.114. The van der Waals surface area contributed by atoms with Crippen LogP contribution in [0.15, 0.2) is 30.6 Å². The lowest BCUT2D eigenvalue weighted by atomic mass is 10.1. The number of nitrogens with zero attached hydrogens (tertiary/aromatic N) is 6. The number of carbonyl (C=O) groups is 1. The number of halogens is 3. The van der Waals surface area contributed by atoms with Gasteiger partial charge < -0.3 is 20.1 Å². The maximum Gasteiger partial charge on any atom is 0.416 e. The van der Waals surface area contributed by atoms with Gasteiger partial charge in [0, 0.05) is 61.8 Å². The summed E-state index contributed by atoms with van der Waals surface area (Å²) in [7, 11) is 1.35. The van der Waals surface area contributed by atoms with Gasteiger partial charge in [-0.2, -0.15) is 13.2 Å². The highest BCUT2D eigenvalue weighted by atomic mass is 32.1. The van der Waals surface area contributed by atoms with Gasteiger partial charge in [0.1, 0.15) is 23.7 Å². The number of carboxylic acid groups (broad SMARTS) is 1. The number of aromatic nitrogens is 3. The molecule has 2 aliphatic rings. The second kappa shape index (κ2) is 12.8. The average molecular weight is 606 g/mol. The van der Waals surface area contributed by atoms with E-state index in [1.54, 1.807) is 6.07 Å². The van der Waals surface area contributed by atoms with E-state index in [-0.39, 0.29) is 12.2 Å². The summed E-state index contributed by atoms with van der Waals surface area (Å²) >= 11 is 1.40. The van der Waals surface area contributed by atoms with E-state index in [4.69, 9.17) is 14.8 Å². The number of piperazine rings is 1. The van der Waals surface area contributed by atoms with Gasteiger partial charge in [-0.3, -0.25) is 14.6 Å². The highest BCUT2D eigenvalue weighted by Gasteiger charge is 2.32. The van der Waals surface area contributed by atoms with E-state index in [9.17, 15) is 18.0 Å². The third-order valence-corrected chi connectivity index (χ3v) is 8.66. The van der Waals surface area contributed by atoms with Gasteiger partial charge in [-0.1, -0.05) is 11.3 Å². The van der Waals surface area contributed by atoms with Crippen molar-refractivity contribution in [1.82, 2.24) is 24.8 Å². The Bertz CT molecular complexity index is 1400. The number of ether oxygens (including phenoxy) is 1. The molecular weight excluding hydrogens is 571 g/mol. The molecule has 0 spiro atoms. The number of hydrogen-bond acceptors (Lipinski definition) is 10. The zero-order valence-electron chi connectivity index (χ0n) is 23.5. The number of carboxylic acids is 1. The van der Waals surface area contributed by atoms with Gasteiger partial charge >= 0.3 is 12.1 Å². The summed E-state index contributed by atoms with van der Waals surface area (Å²) < 4.78 is 46.4. The highest BCUT2D eigenvalue weighted by molar-refractivity contribution is 7.16. The molecule has 2 saturated heterocycles. The Kier molecular flexibility index (Phi) is 9.13. The summed E-state index contributed by atoms with van der Waals surface area (Å²) in [5, 5.41) is 12.7. The number of thiazole rings is 1. The van der Waals surface area contributed by atoms with E-state index >= 15 is 0 Å². The van der Waals surface area contributed by atoms with Crippen LogP contribution in [0, 0.1) is 0 Å². The molecule has 0 unspecified atom stereocenters. The van der Waals surface area contributed by atoms with Crippen molar-refractivity contribution in [3.63, 3.8) is 0 Å². The van der Waals surface area contributed by atoms with E-state index in [1.165, 1.54) is 24.8 Å². The van der Waals surface area contributed by atoms with Gasteiger partial charge in [0.15, 0.2) is 5.13 Å². The molecule has 0 amide bonds. The molecule has 226 valence electrons. The van der Waals surface area contributed by atoms with Crippen molar-refractivity contribution in [2.75, 3.05) is 56.6 Å². The molecule has 1 atom stereocenters. The average Bonchev–Trinajstić information content (AvgIpc) is 3.56. The summed E-state index contributed by atoms with van der Waals surface area (Å²) in [6.45, 7) is 7.04. The van der Waals surface area contributed by atoms with Gasteiger partial charge in [-0.15, -0.1) is 0 Å². The van der Waals surface area contributed by atoms with E-state index in [0.717, 1.165) is 55.3 Å². The molecule has 10 nitrogen and oxygen atoms in total. The van der Waals surface area contributed by atoms with Crippen LogP contribution in [0.3, 0.4) is 0 Å². The smallest absolute Gasteiger partial charge is 0.416 e. The summed E-state index contributed by atoms with van der Waals surface area (Å²) in [6, 6.07) is 5.90. The zero-order valence-corrected chi connectivity index (χ0v) is 24.3. The monoisotopic (exact) mass is 605 g/mol. The van der Waals surface area contributed by atoms with E-state index in [2.05, 4.69) is 36.9 Å². The van der Waals surface area contributed by atoms with Crippen LogP contribution in [0.2, 0.25) is 0 Å². The third kappa shape index (κ3) is 7.28. The first-order chi connectivity index (χ1) is 20.1. The molecule has 1 aromatic carbocycles. The quantitative estimate of drug-likeness (QED) is 0.330. The second-order valence-electron chi connectivity index (χ2n) is 10.6. The first-order valence-corrected chi connectivity index (χ1v) is 14.7. The fourth-order valence-electron chi connectivity index (χ4n) is 5.32. The molecule has 42 heavy (non-hydrogen) atoms. The van der Waals surface area contributed by atoms with Gasteiger partial charge in [-0.05, 0) is 44.5 Å². The molecule has 2 aromatic heterocycles. The lowest BCUT2D eigenvalue weighted by Crippen LogP contribution is -2.47. The molecule has 5 rings (SSSR count). The predicted molar refractivity (Wildman–Crippen MR) is 154 cm³/mol. The van der Waals surface area contributed by atoms with Crippen molar-refractivity contribution in [3.05, 3.63) is 41.0 Å². The molecule has 14 heteroatoms. The van der Waals surface area contributed by atoms with Crippen molar-refractivity contribution in [1.29, 1.82) is 0 Å². The van der Waals surface area contributed by atoms with Gasteiger partial charge in [0.05, 0.1) is 24.8 Å². The molecule has 2 N–H and O–H groups in total. The maximum absolute atomic E-state index is 13.7. The Morgan fingerprint density at radius 1 is 1.14 bits per heavy atom. The second-order valence-corrected chi connectivity index (χ2v) is 11.6. The number of benzene rings is 1. The first kappa shape index (κ1) is 30.0. The first-order valence-electron chi connectivity index (χ1n) is 13.9. The number of aliphatic carboxylic acids is 1. The summed E-state index contributed by atoms with van der Waals surface area (Å²) in [5.74, 6) is 0.568.